The van der Waals surface area contributed by atoms with E-state index < -0.39 is 0 Å². The van der Waals surface area contributed by atoms with Crippen LogP contribution in [-0.4, -0.2) is 26.6 Å². The SMILES string of the molecule is C[n+]1ccn(CC2CC(n3cc[n+](C)c3)CN2c2ccc([N+](=O)[O-])cc2)c1. The van der Waals surface area contributed by atoms with Crippen molar-refractivity contribution in [3.63, 3.8) is 0 Å². The molecule has 8 heteroatoms. The first-order valence-electron chi connectivity index (χ1n) is 9.04. The molecule has 0 saturated carbocycles. The highest BCUT2D eigenvalue weighted by Gasteiger charge is 2.37. The molecule has 1 aliphatic heterocycles. The molecule has 3 heterocycles. The lowest BCUT2D eigenvalue weighted by molar-refractivity contribution is -0.671. The van der Waals surface area contributed by atoms with Gasteiger partial charge in [-0.15, -0.1) is 0 Å². The Morgan fingerprint density at radius 1 is 1.11 bits per heavy atom. The Morgan fingerprint density at radius 3 is 2.41 bits per heavy atom. The van der Waals surface area contributed by atoms with Gasteiger partial charge < -0.3 is 4.90 Å². The van der Waals surface area contributed by atoms with E-state index >= 15 is 0 Å². The monoisotopic (exact) mass is 368 g/mol. The van der Waals surface area contributed by atoms with Crippen LogP contribution in [0.25, 0.3) is 0 Å². The Kier molecular flexibility index (Phi) is 4.39. The summed E-state index contributed by atoms with van der Waals surface area (Å²) in [5.74, 6) is 0. The zero-order valence-electron chi connectivity index (χ0n) is 15.5. The molecular weight excluding hydrogens is 344 g/mol. The molecule has 1 aromatic carbocycles. The number of nitro groups is 1. The van der Waals surface area contributed by atoms with Gasteiger partial charge in [0.25, 0.3) is 5.69 Å². The molecule has 4 rings (SSSR count). The summed E-state index contributed by atoms with van der Waals surface area (Å²) in [6.07, 6.45) is 13.5. The van der Waals surface area contributed by atoms with E-state index in [9.17, 15) is 10.1 Å². The second kappa shape index (κ2) is 6.86. The predicted molar refractivity (Wildman–Crippen MR) is 99.1 cm³/mol. The highest BCUT2D eigenvalue weighted by molar-refractivity contribution is 5.52. The second-order valence-corrected chi connectivity index (χ2v) is 7.27. The van der Waals surface area contributed by atoms with E-state index in [0.717, 1.165) is 25.2 Å². The Balaban J connectivity index is 1.61. The first-order chi connectivity index (χ1) is 13.0. The number of hydrogen-bond donors (Lipinski definition) is 0. The van der Waals surface area contributed by atoms with Gasteiger partial charge in [-0.05, 0) is 12.1 Å². The van der Waals surface area contributed by atoms with Crippen LogP contribution in [0, 0.1) is 10.1 Å². The Hall–Kier alpha value is -3.16. The van der Waals surface area contributed by atoms with Crippen molar-refractivity contribution < 1.29 is 14.1 Å². The smallest absolute Gasteiger partial charge is 0.269 e. The van der Waals surface area contributed by atoms with Gasteiger partial charge in [0.15, 0.2) is 0 Å². The number of rotatable bonds is 5. The van der Waals surface area contributed by atoms with E-state index in [1.165, 1.54) is 0 Å². The molecule has 8 nitrogen and oxygen atoms in total. The zero-order chi connectivity index (χ0) is 19.0. The van der Waals surface area contributed by atoms with E-state index in [2.05, 4.69) is 49.8 Å². The fraction of sp³-hybridized carbons (Fsp3) is 0.368. The van der Waals surface area contributed by atoms with Crippen molar-refractivity contribution in [3.8, 4) is 0 Å². The van der Waals surface area contributed by atoms with Gasteiger partial charge in [-0.3, -0.25) is 10.1 Å². The van der Waals surface area contributed by atoms with Gasteiger partial charge in [0.05, 0.1) is 31.6 Å². The molecule has 2 atom stereocenters. The number of aryl methyl sites for hydroxylation is 2. The molecule has 0 spiro atoms. The van der Waals surface area contributed by atoms with Crippen molar-refractivity contribution in [2.75, 3.05) is 11.4 Å². The summed E-state index contributed by atoms with van der Waals surface area (Å²) in [5.41, 5.74) is 1.15. The van der Waals surface area contributed by atoms with Crippen LogP contribution >= 0.6 is 0 Å². The maximum Gasteiger partial charge on any atom is 0.269 e. The van der Waals surface area contributed by atoms with Crippen molar-refractivity contribution in [3.05, 3.63) is 71.8 Å². The lowest BCUT2D eigenvalue weighted by Crippen LogP contribution is -2.33. The molecule has 1 aliphatic rings. The fourth-order valence-electron chi connectivity index (χ4n) is 3.90. The van der Waals surface area contributed by atoms with E-state index in [1.54, 1.807) is 12.1 Å². The minimum atomic E-state index is -0.353. The van der Waals surface area contributed by atoms with E-state index in [-0.39, 0.29) is 10.6 Å². The number of aromatic nitrogens is 4. The van der Waals surface area contributed by atoms with Gasteiger partial charge in [-0.25, -0.2) is 18.3 Å². The molecule has 1 saturated heterocycles. The molecule has 0 radical (unpaired) electrons. The highest BCUT2D eigenvalue weighted by Crippen LogP contribution is 2.33. The van der Waals surface area contributed by atoms with Gasteiger partial charge in [-0.2, -0.15) is 0 Å². The zero-order valence-corrected chi connectivity index (χ0v) is 15.5. The number of non-ortho nitro benzene ring substituents is 1. The first kappa shape index (κ1) is 17.3. The molecule has 27 heavy (non-hydrogen) atoms. The van der Waals surface area contributed by atoms with Crippen LogP contribution in [0.2, 0.25) is 0 Å². The Labute approximate surface area is 157 Å². The van der Waals surface area contributed by atoms with Crippen LogP contribution in [-0.2, 0) is 20.6 Å². The summed E-state index contributed by atoms with van der Waals surface area (Å²) in [6, 6.07) is 7.58. The Morgan fingerprint density at radius 2 is 1.81 bits per heavy atom. The third-order valence-electron chi connectivity index (χ3n) is 5.24. The van der Waals surface area contributed by atoms with E-state index in [1.807, 2.05) is 37.0 Å². The van der Waals surface area contributed by atoms with E-state index in [4.69, 9.17) is 0 Å². The van der Waals surface area contributed by atoms with Crippen molar-refractivity contribution in [1.29, 1.82) is 0 Å². The van der Waals surface area contributed by atoms with E-state index in [0.29, 0.717) is 12.1 Å². The average Bonchev–Trinajstić information content (AvgIpc) is 3.36. The lowest BCUT2D eigenvalue weighted by atomic mass is 10.1. The molecule has 0 amide bonds. The number of imidazole rings is 2. The lowest BCUT2D eigenvalue weighted by Gasteiger charge is -2.24. The second-order valence-electron chi connectivity index (χ2n) is 7.27. The maximum absolute atomic E-state index is 11.0. The van der Waals surface area contributed by atoms with Gasteiger partial charge in [-0.1, -0.05) is 0 Å². The minimum absolute atomic E-state index is 0.126. The Bertz CT molecular complexity index is 945. The summed E-state index contributed by atoms with van der Waals surface area (Å²) in [7, 11) is 4.04. The molecule has 2 unspecified atom stereocenters. The highest BCUT2D eigenvalue weighted by atomic mass is 16.6. The normalized spacial score (nSPS) is 19.6. The predicted octanol–water partition coefficient (Wildman–Crippen LogP) is 1.37. The van der Waals surface area contributed by atoms with Crippen molar-refractivity contribution in [1.82, 2.24) is 9.13 Å². The summed E-state index contributed by atoms with van der Waals surface area (Å²) in [5, 5.41) is 11.0. The minimum Gasteiger partial charge on any atom is -0.360 e. The average molecular weight is 368 g/mol. The summed E-state index contributed by atoms with van der Waals surface area (Å²) in [4.78, 5) is 13.0. The molecule has 0 N–H and O–H groups in total. The topological polar surface area (TPSA) is 64.0 Å². The van der Waals surface area contributed by atoms with Crippen molar-refractivity contribution in [2.45, 2.75) is 25.0 Å². The van der Waals surface area contributed by atoms with Crippen LogP contribution in [0.3, 0.4) is 0 Å². The molecule has 0 bridgehead atoms. The standard InChI is InChI=1S/C19H24N6O2/c1-20-7-9-22(14-20)12-19-11-18(23-10-8-21(2)15-23)13-24(19)16-3-5-17(6-4-16)25(26)27/h3-10,14-15,18-19H,11-13H2,1-2H3/q+2. The first-order valence-corrected chi connectivity index (χ1v) is 9.04. The molecule has 3 aromatic rings. The summed E-state index contributed by atoms with van der Waals surface area (Å²) >= 11 is 0. The third kappa shape index (κ3) is 3.55. The number of anilines is 1. The summed E-state index contributed by atoms with van der Waals surface area (Å²) in [6.45, 7) is 1.76. The molecule has 1 fully saturated rings. The van der Waals surface area contributed by atoms with Crippen LogP contribution < -0.4 is 14.0 Å². The van der Waals surface area contributed by atoms with Gasteiger partial charge in [0.2, 0.25) is 12.7 Å². The molecule has 0 aliphatic carbocycles. The largest absolute Gasteiger partial charge is 0.360 e. The number of benzene rings is 1. The fourth-order valence-corrected chi connectivity index (χ4v) is 3.90. The summed E-state index contributed by atoms with van der Waals surface area (Å²) < 4.78 is 8.54. The maximum atomic E-state index is 11.0. The number of nitro benzene ring substituents is 1. The van der Waals surface area contributed by atoms with Gasteiger partial charge in [0, 0.05) is 24.2 Å². The van der Waals surface area contributed by atoms with Gasteiger partial charge >= 0.3 is 0 Å². The van der Waals surface area contributed by atoms with Gasteiger partial charge in [0.1, 0.15) is 37.4 Å². The van der Waals surface area contributed by atoms with Crippen LogP contribution in [0.4, 0.5) is 11.4 Å². The van der Waals surface area contributed by atoms with Crippen LogP contribution in [0.1, 0.15) is 12.5 Å². The van der Waals surface area contributed by atoms with Crippen molar-refractivity contribution in [2.24, 2.45) is 14.1 Å². The third-order valence-corrected chi connectivity index (χ3v) is 5.24. The molecule has 140 valence electrons. The van der Waals surface area contributed by atoms with Crippen molar-refractivity contribution >= 4 is 11.4 Å². The number of hydrogen-bond acceptors (Lipinski definition) is 3. The van der Waals surface area contributed by atoms with Crippen LogP contribution in [0.5, 0.6) is 0 Å². The quantitative estimate of drug-likeness (QED) is 0.388. The molecular formula is C19H24N6O2+2. The van der Waals surface area contributed by atoms with Crippen LogP contribution in [0.15, 0.2) is 61.7 Å². The molecule has 2 aromatic heterocycles. The number of nitrogens with zero attached hydrogens (tertiary/aromatic N) is 6.